The van der Waals surface area contributed by atoms with Crippen molar-refractivity contribution in [1.82, 2.24) is 4.90 Å². The number of amides is 1. The van der Waals surface area contributed by atoms with E-state index in [9.17, 15) is 4.79 Å². The first-order valence-electron chi connectivity index (χ1n) is 6.10. The molecule has 0 aromatic heterocycles. The molecule has 2 N–H and O–H groups in total. The predicted molar refractivity (Wildman–Crippen MR) is 64.2 cm³/mol. The maximum Gasteiger partial charge on any atom is 0.410 e. The summed E-state index contributed by atoms with van der Waals surface area (Å²) in [6.07, 6.45) is 2.86. The van der Waals surface area contributed by atoms with Gasteiger partial charge in [-0.05, 0) is 47.0 Å². The van der Waals surface area contributed by atoms with Gasteiger partial charge in [0.05, 0.1) is 6.04 Å². The number of carbonyl (C=O) groups excluding carboxylic acids is 1. The van der Waals surface area contributed by atoms with Crippen molar-refractivity contribution >= 4 is 6.09 Å². The molecular weight excluding hydrogens is 204 g/mol. The summed E-state index contributed by atoms with van der Waals surface area (Å²) in [5.74, 6) is 0. The second-order valence-corrected chi connectivity index (χ2v) is 5.43. The zero-order chi connectivity index (χ0) is 12.3. The van der Waals surface area contributed by atoms with Crippen molar-refractivity contribution in [2.45, 2.75) is 64.6 Å². The van der Waals surface area contributed by atoms with Crippen LogP contribution in [-0.4, -0.2) is 35.2 Å². The van der Waals surface area contributed by atoms with Crippen LogP contribution in [0.2, 0.25) is 0 Å². The van der Waals surface area contributed by atoms with Crippen molar-refractivity contribution in [2.24, 2.45) is 5.73 Å². The second-order valence-electron chi connectivity index (χ2n) is 5.43. The molecule has 1 rings (SSSR count). The molecule has 94 valence electrons. The SMILES string of the molecule is CCN(C(=O)OC(C)(C)C)[C@H]1CCC[C@@H]1N. The quantitative estimate of drug-likeness (QED) is 0.787. The second kappa shape index (κ2) is 5.04. The van der Waals surface area contributed by atoms with Crippen LogP contribution in [0.1, 0.15) is 47.0 Å². The highest BCUT2D eigenvalue weighted by Gasteiger charge is 2.33. The summed E-state index contributed by atoms with van der Waals surface area (Å²) in [5, 5.41) is 0. The molecule has 1 saturated carbocycles. The zero-order valence-corrected chi connectivity index (χ0v) is 10.8. The Morgan fingerprint density at radius 1 is 1.44 bits per heavy atom. The number of ether oxygens (including phenoxy) is 1. The van der Waals surface area contributed by atoms with Crippen LogP contribution >= 0.6 is 0 Å². The van der Waals surface area contributed by atoms with Crippen LogP contribution in [0, 0.1) is 0 Å². The Morgan fingerprint density at radius 3 is 2.44 bits per heavy atom. The standard InChI is InChI=1S/C12H24N2O2/c1-5-14(10-8-6-7-9(10)13)11(15)16-12(2,3)4/h9-10H,5-8,13H2,1-4H3/t9-,10-/m0/s1. The summed E-state index contributed by atoms with van der Waals surface area (Å²) >= 11 is 0. The van der Waals surface area contributed by atoms with E-state index >= 15 is 0 Å². The molecule has 0 aromatic rings. The molecule has 16 heavy (non-hydrogen) atoms. The van der Waals surface area contributed by atoms with Gasteiger partial charge in [0.25, 0.3) is 0 Å². The molecule has 1 fully saturated rings. The minimum Gasteiger partial charge on any atom is -0.444 e. The van der Waals surface area contributed by atoms with Gasteiger partial charge in [-0.15, -0.1) is 0 Å². The lowest BCUT2D eigenvalue weighted by atomic mass is 10.1. The van der Waals surface area contributed by atoms with Crippen molar-refractivity contribution < 1.29 is 9.53 Å². The van der Waals surface area contributed by atoms with Crippen LogP contribution in [0.3, 0.4) is 0 Å². The number of hydrogen-bond donors (Lipinski definition) is 1. The summed E-state index contributed by atoms with van der Waals surface area (Å²) < 4.78 is 5.38. The van der Waals surface area contributed by atoms with Crippen molar-refractivity contribution in [3.8, 4) is 0 Å². The Kier molecular flexibility index (Phi) is 4.19. The lowest BCUT2D eigenvalue weighted by molar-refractivity contribution is 0.0164. The summed E-state index contributed by atoms with van der Waals surface area (Å²) in [6.45, 7) is 8.27. The van der Waals surface area contributed by atoms with Crippen LogP contribution in [0.5, 0.6) is 0 Å². The van der Waals surface area contributed by atoms with E-state index in [1.807, 2.05) is 27.7 Å². The van der Waals surface area contributed by atoms with E-state index in [0.29, 0.717) is 6.54 Å². The summed E-state index contributed by atoms with van der Waals surface area (Å²) in [6, 6.07) is 0.257. The van der Waals surface area contributed by atoms with Crippen LogP contribution in [-0.2, 0) is 4.74 Å². The average Bonchev–Trinajstić information content (AvgIpc) is 2.50. The molecule has 0 aliphatic heterocycles. The van der Waals surface area contributed by atoms with E-state index < -0.39 is 5.60 Å². The van der Waals surface area contributed by atoms with Crippen LogP contribution in [0.4, 0.5) is 4.79 Å². The van der Waals surface area contributed by atoms with E-state index in [1.54, 1.807) is 4.90 Å². The highest BCUT2D eigenvalue weighted by molar-refractivity contribution is 5.68. The third kappa shape index (κ3) is 3.37. The first kappa shape index (κ1) is 13.3. The molecule has 4 nitrogen and oxygen atoms in total. The Morgan fingerprint density at radius 2 is 2.06 bits per heavy atom. The highest BCUT2D eigenvalue weighted by Crippen LogP contribution is 2.24. The van der Waals surface area contributed by atoms with Gasteiger partial charge in [0.2, 0.25) is 0 Å². The van der Waals surface area contributed by atoms with Crippen LogP contribution in [0.15, 0.2) is 0 Å². The first-order valence-corrected chi connectivity index (χ1v) is 6.10. The normalized spacial score (nSPS) is 25.6. The third-order valence-electron chi connectivity index (χ3n) is 2.90. The molecule has 1 amide bonds. The average molecular weight is 228 g/mol. The molecular formula is C12H24N2O2. The third-order valence-corrected chi connectivity index (χ3v) is 2.90. The summed E-state index contributed by atoms with van der Waals surface area (Å²) in [5.41, 5.74) is 5.57. The minimum absolute atomic E-state index is 0.104. The van der Waals surface area contributed by atoms with Gasteiger partial charge >= 0.3 is 6.09 Å². The molecule has 1 aliphatic rings. The first-order chi connectivity index (χ1) is 7.35. The number of likely N-dealkylation sites (N-methyl/N-ethyl adjacent to an activating group) is 1. The molecule has 0 aromatic carbocycles. The number of nitrogens with two attached hydrogens (primary N) is 1. The lowest BCUT2D eigenvalue weighted by Gasteiger charge is -2.32. The molecule has 0 bridgehead atoms. The molecule has 0 unspecified atom stereocenters. The van der Waals surface area contributed by atoms with Gasteiger partial charge in [0.1, 0.15) is 5.60 Å². The van der Waals surface area contributed by atoms with Crippen molar-refractivity contribution in [3.05, 3.63) is 0 Å². The Balaban J connectivity index is 2.63. The summed E-state index contributed by atoms with van der Waals surface area (Å²) in [7, 11) is 0. The lowest BCUT2D eigenvalue weighted by Crippen LogP contribution is -2.49. The maximum absolute atomic E-state index is 12.0. The molecule has 0 heterocycles. The van der Waals surface area contributed by atoms with E-state index in [4.69, 9.17) is 10.5 Å². The van der Waals surface area contributed by atoms with E-state index in [1.165, 1.54) is 0 Å². The van der Waals surface area contributed by atoms with Crippen molar-refractivity contribution in [3.63, 3.8) is 0 Å². The fourth-order valence-electron chi connectivity index (χ4n) is 2.18. The fraction of sp³-hybridized carbons (Fsp3) is 0.917. The van der Waals surface area contributed by atoms with Gasteiger partial charge in [-0.1, -0.05) is 0 Å². The van der Waals surface area contributed by atoms with Crippen molar-refractivity contribution in [1.29, 1.82) is 0 Å². The van der Waals surface area contributed by atoms with E-state index in [0.717, 1.165) is 19.3 Å². The Labute approximate surface area is 98.1 Å². The van der Waals surface area contributed by atoms with E-state index in [2.05, 4.69) is 0 Å². The van der Waals surface area contributed by atoms with Crippen LogP contribution in [0.25, 0.3) is 0 Å². The number of nitrogens with zero attached hydrogens (tertiary/aromatic N) is 1. The smallest absolute Gasteiger partial charge is 0.410 e. The Hall–Kier alpha value is -0.770. The monoisotopic (exact) mass is 228 g/mol. The van der Waals surface area contributed by atoms with Gasteiger partial charge in [-0.25, -0.2) is 4.79 Å². The fourth-order valence-corrected chi connectivity index (χ4v) is 2.18. The van der Waals surface area contributed by atoms with Gasteiger partial charge in [-0.3, -0.25) is 0 Å². The van der Waals surface area contributed by atoms with Crippen LogP contribution < -0.4 is 5.73 Å². The Bertz CT molecular complexity index is 248. The predicted octanol–water partition coefficient (Wildman–Crippen LogP) is 2.12. The molecule has 0 radical (unpaired) electrons. The van der Waals surface area contributed by atoms with Crippen molar-refractivity contribution in [2.75, 3.05) is 6.54 Å². The highest BCUT2D eigenvalue weighted by atomic mass is 16.6. The van der Waals surface area contributed by atoms with E-state index in [-0.39, 0.29) is 18.2 Å². The van der Waals surface area contributed by atoms with Gasteiger partial charge in [0, 0.05) is 12.6 Å². The molecule has 0 saturated heterocycles. The molecule has 4 heteroatoms. The number of rotatable bonds is 2. The molecule has 2 atom stereocenters. The zero-order valence-electron chi connectivity index (χ0n) is 10.8. The largest absolute Gasteiger partial charge is 0.444 e. The van der Waals surface area contributed by atoms with Gasteiger partial charge in [0.15, 0.2) is 0 Å². The minimum atomic E-state index is -0.437. The maximum atomic E-state index is 12.0. The van der Waals surface area contributed by atoms with Gasteiger partial charge < -0.3 is 15.4 Å². The van der Waals surface area contributed by atoms with Gasteiger partial charge in [-0.2, -0.15) is 0 Å². The molecule has 0 spiro atoms. The topological polar surface area (TPSA) is 55.6 Å². The number of hydrogen-bond acceptors (Lipinski definition) is 3. The number of carbonyl (C=O) groups is 1. The summed E-state index contributed by atoms with van der Waals surface area (Å²) in [4.78, 5) is 13.7. The molecule has 1 aliphatic carbocycles.